The van der Waals surface area contributed by atoms with Gasteiger partial charge in [-0.1, -0.05) is 44.6 Å². The first-order chi connectivity index (χ1) is 27.0. The fourth-order valence-corrected chi connectivity index (χ4v) is 9.42. The van der Waals surface area contributed by atoms with Crippen LogP contribution in [0.4, 0.5) is 0 Å². The number of hydrogen-bond donors (Lipinski definition) is 3. The Morgan fingerprint density at radius 3 is 2.22 bits per heavy atom. The van der Waals surface area contributed by atoms with E-state index in [0.29, 0.717) is 56.9 Å². The highest BCUT2D eigenvalue weighted by Gasteiger charge is 2.56. The second-order valence-corrected chi connectivity index (χ2v) is 17.3. The van der Waals surface area contributed by atoms with E-state index < -0.39 is 83.9 Å². The molecule has 4 rings (SSSR count). The summed E-state index contributed by atoms with van der Waals surface area (Å²) in [7, 11) is 4.61. The zero-order valence-electron chi connectivity index (χ0n) is 35.9. The number of Topliss-reactive ketones (excluding diaryl/α,β-unsaturated/α-hetero) is 2. The van der Waals surface area contributed by atoms with Crippen molar-refractivity contribution < 1.29 is 63.7 Å². The summed E-state index contributed by atoms with van der Waals surface area (Å²) in [6.07, 6.45) is 4.93. The minimum Gasteiger partial charge on any atom is -0.456 e. The number of carbonyl (C=O) groups is 4. The number of allylic oxidation sites excluding steroid dienone is 4. The monoisotopic (exact) mass is 821 g/mol. The quantitative estimate of drug-likeness (QED) is 0.190. The van der Waals surface area contributed by atoms with E-state index in [1.54, 1.807) is 27.0 Å². The predicted octanol–water partition coefficient (Wildman–Crippen LogP) is 3.81. The van der Waals surface area contributed by atoms with Crippen molar-refractivity contribution in [1.29, 1.82) is 0 Å². The molecule has 1 amide bonds. The maximum Gasteiger partial charge on any atom is 0.329 e. The number of nitrogens with zero attached hydrogens (tertiary/aromatic N) is 1. The molecule has 0 aromatic rings. The first-order valence-corrected chi connectivity index (χ1v) is 20.9. The maximum atomic E-state index is 14.3. The number of aliphatic hydroxyl groups excluding tert-OH is 2. The third kappa shape index (κ3) is 11.7. The molecule has 58 heavy (non-hydrogen) atoms. The molecular formula is C44H71NO13. The summed E-state index contributed by atoms with van der Waals surface area (Å²) >= 11 is 0. The molecule has 2 bridgehead atoms. The molecule has 0 aromatic heterocycles. The van der Waals surface area contributed by atoms with E-state index in [1.165, 1.54) is 19.1 Å². The number of ether oxygens (including phenoxy) is 5. The van der Waals surface area contributed by atoms with Crippen molar-refractivity contribution in [2.24, 2.45) is 29.6 Å². The molecule has 330 valence electrons. The van der Waals surface area contributed by atoms with Crippen LogP contribution in [0.25, 0.3) is 0 Å². The van der Waals surface area contributed by atoms with Crippen LogP contribution in [0, 0.1) is 29.6 Å². The summed E-state index contributed by atoms with van der Waals surface area (Å²) in [4.78, 5) is 57.8. The number of rotatable bonds is 7. The summed E-state index contributed by atoms with van der Waals surface area (Å²) in [5, 5.41) is 34.1. The van der Waals surface area contributed by atoms with E-state index in [4.69, 9.17) is 23.7 Å². The Bertz CT molecular complexity index is 1480. The van der Waals surface area contributed by atoms with Crippen LogP contribution < -0.4 is 0 Å². The largest absolute Gasteiger partial charge is 0.456 e. The van der Waals surface area contributed by atoms with Gasteiger partial charge >= 0.3 is 5.97 Å². The number of ketones is 2. The van der Waals surface area contributed by atoms with Crippen LogP contribution in [-0.4, -0.2) is 132 Å². The van der Waals surface area contributed by atoms with Gasteiger partial charge in [-0.25, -0.2) is 4.79 Å². The molecular weight excluding hydrogens is 750 g/mol. The molecule has 0 aromatic carbocycles. The molecule has 0 spiro atoms. The van der Waals surface area contributed by atoms with Gasteiger partial charge in [0.25, 0.3) is 11.7 Å². The van der Waals surface area contributed by atoms with Crippen LogP contribution in [0.1, 0.15) is 105 Å². The summed E-state index contributed by atoms with van der Waals surface area (Å²) < 4.78 is 29.7. The van der Waals surface area contributed by atoms with Crippen LogP contribution in [0.3, 0.4) is 0 Å². The van der Waals surface area contributed by atoms with Crippen LogP contribution in [0.2, 0.25) is 0 Å². The predicted molar refractivity (Wildman–Crippen MR) is 216 cm³/mol. The second kappa shape index (κ2) is 22.1. The van der Waals surface area contributed by atoms with Crippen molar-refractivity contribution >= 4 is 23.4 Å². The Labute approximate surface area is 344 Å². The van der Waals surface area contributed by atoms with Gasteiger partial charge in [0.15, 0.2) is 0 Å². The third-order valence-electron chi connectivity index (χ3n) is 12.9. The normalized spacial score (nSPS) is 40.3. The molecule has 2 saturated heterocycles. The van der Waals surface area contributed by atoms with E-state index in [-0.39, 0.29) is 55.0 Å². The highest BCUT2D eigenvalue weighted by Crippen LogP contribution is 2.39. The van der Waals surface area contributed by atoms with E-state index in [2.05, 4.69) is 6.58 Å². The number of methoxy groups -OCH3 is 3. The van der Waals surface area contributed by atoms with Crippen molar-refractivity contribution in [2.45, 2.75) is 160 Å². The lowest BCUT2D eigenvalue weighted by Crippen LogP contribution is -2.64. The molecule has 1 aliphatic carbocycles. The van der Waals surface area contributed by atoms with E-state index in [0.717, 1.165) is 5.57 Å². The van der Waals surface area contributed by atoms with Crippen molar-refractivity contribution in [3.63, 3.8) is 0 Å². The summed E-state index contributed by atoms with van der Waals surface area (Å²) in [5.74, 6) is -7.76. The fraction of sp³-hybridized carbons (Fsp3) is 0.773. The summed E-state index contributed by atoms with van der Waals surface area (Å²) in [6, 6.07) is -1.14. The minimum atomic E-state index is -2.51. The molecule has 4 aliphatic rings. The van der Waals surface area contributed by atoms with Gasteiger partial charge in [-0.05, 0) is 95.5 Å². The van der Waals surface area contributed by atoms with Gasteiger partial charge < -0.3 is 49.4 Å². The average Bonchev–Trinajstić information content (AvgIpc) is 3.18. The minimum absolute atomic E-state index is 0. The third-order valence-corrected chi connectivity index (χ3v) is 12.9. The van der Waals surface area contributed by atoms with Crippen molar-refractivity contribution in [1.82, 2.24) is 4.90 Å². The van der Waals surface area contributed by atoms with E-state index >= 15 is 0 Å². The molecule has 0 radical (unpaired) electrons. The summed E-state index contributed by atoms with van der Waals surface area (Å²) in [5.41, 5.74) is 1.61. The molecule has 3 fully saturated rings. The highest BCUT2D eigenvalue weighted by molar-refractivity contribution is 6.39. The SMILES string of the molecule is C=CC[C@@H]1/C=C(/C)C[C@H](C)C[C@H](OC)[C@H]2O[C@@](O)(C(=O)C(=O)N3CCCC[C@H]3C(=O)O[C@H](/C(C)=C/[C@@H]3CC[C@@H](O)[C@H](OC)C3)[C@H](C)[C@@H](O)CC1=O)[C@H](C)C[C@@H]2OC.O. The lowest BCUT2D eigenvalue weighted by Gasteiger charge is -2.47. The van der Waals surface area contributed by atoms with Gasteiger partial charge in [-0.2, -0.15) is 0 Å². The van der Waals surface area contributed by atoms with Gasteiger partial charge in [0, 0.05) is 52.0 Å². The number of aliphatic hydroxyl groups is 3. The van der Waals surface area contributed by atoms with Crippen LogP contribution >= 0.6 is 0 Å². The highest BCUT2D eigenvalue weighted by atomic mass is 16.7. The number of hydrogen-bond acceptors (Lipinski definition) is 12. The second-order valence-electron chi connectivity index (χ2n) is 17.3. The first kappa shape index (κ1) is 49.5. The van der Waals surface area contributed by atoms with Crippen molar-refractivity contribution in [2.75, 3.05) is 27.9 Å². The van der Waals surface area contributed by atoms with Gasteiger partial charge in [-0.3, -0.25) is 14.4 Å². The molecule has 14 heteroatoms. The molecule has 3 heterocycles. The standard InChI is InChI=1S/C44H69NO12.H2O/c1-10-13-31-19-25(2)18-26(3)20-37(54-8)40-38(55-9)22-28(5)44(52,57-40)41(49)42(50)45-17-12-11-14-32(45)43(51)56-39(29(6)34(47)24-35(31)48)27(4)21-30-15-16-33(46)36(23-30)53-7;/h10,19,21,26,28-34,36-40,46-47,52H,1,11-18,20,22-24H2,2-9H3;1H2/b25-19-,27-21+;/t26-,28+,29+,30-,31+,32-,33+,34-,36+,37-,38-,39+,40+,44+;/m0./s1. The lowest BCUT2D eigenvalue weighted by molar-refractivity contribution is -0.302. The molecule has 14 nitrogen and oxygen atoms in total. The fourth-order valence-electron chi connectivity index (χ4n) is 9.42. The molecule has 14 atom stereocenters. The van der Waals surface area contributed by atoms with Crippen LogP contribution in [0.5, 0.6) is 0 Å². The Kier molecular flexibility index (Phi) is 18.9. The van der Waals surface area contributed by atoms with Gasteiger partial charge in [-0.15, -0.1) is 6.58 Å². The molecule has 1 saturated carbocycles. The van der Waals surface area contributed by atoms with Gasteiger partial charge in [0.2, 0.25) is 5.79 Å². The zero-order chi connectivity index (χ0) is 42.2. The maximum absolute atomic E-state index is 14.3. The number of fused-ring (bicyclic) bond motifs is 3. The molecule has 3 aliphatic heterocycles. The van der Waals surface area contributed by atoms with E-state index in [1.807, 2.05) is 32.9 Å². The first-order valence-electron chi connectivity index (χ1n) is 20.9. The Balaban J connectivity index is 0.00000900. The zero-order valence-corrected chi connectivity index (χ0v) is 35.9. The Hall–Kier alpha value is -2.82. The number of cyclic esters (lactones) is 1. The Morgan fingerprint density at radius 2 is 1.59 bits per heavy atom. The van der Waals surface area contributed by atoms with E-state index in [9.17, 15) is 34.5 Å². The Morgan fingerprint density at radius 1 is 0.931 bits per heavy atom. The van der Waals surface area contributed by atoms with Crippen molar-refractivity contribution in [3.8, 4) is 0 Å². The van der Waals surface area contributed by atoms with Crippen LogP contribution in [0.15, 0.2) is 36.0 Å². The average molecular weight is 822 g/mol. The number of carbonyl (C=O) groups excluding carboxylic acids is 4. The summed E-state index contributed by atoms with van der Waals surface area (Å²) in [6.45, 7) is 13.1. The molecule has 0 unspecified atom stereocenters. The van der Waals surface area contributed by atoms with Crippen molar-refractivity contribution in [3.05, 3.63) is 36.0 Å². The smallest absolute Gasteiger partial charge is 0.329 e. The molecule has 5 N–H and O–H groups in total. The topological polar surface area (TPSA) is 210 Å². The van der Waals surface area contributed by atoms with Gasteiger partial charge in [0.1, 0.15) is 24.0 Å². The van der Waals surface area contributed by atoms with Gasteiger partial charge in [0.05, 0.1) is 30.5 Å². The van der Waals surface area contributed by atoms with Crippen LogP contribution in [-0.2, 0) is 42.9 Å². The number of amides is 1. The number of esters is 1. The lowest BCUT2D eigenvalue weighted by atomic mass is 9.81. The number of piperidine rings is 1.